The van der Waals surface area contributed by atoms with E-state index in [1.165, 1.54) is 19.2 Å². The van der Waals surface area contributed by atoms with E-state index < -0.39 is 18.2 Å². The zero-order chi connectivity index (χ0) is 21.7. The summed E-state index contributed by atoms with van der Waals surface area (Å²) in [5.74, 6) is -1.61. The van der Waals surface area contributed by atoms with Crippen LogP contribution in [0.25, 0.3) is 11.4 Å². The highest BCUT2D eigenvalue weighted by molar-refractivity contribution is 5.66. The minimum Gasteiger partial charge on any atom is -0.443 e. The van der Waals surface area contributed by atoms with Gasteiger partial charge in [-0.3, -0.25) is 9.82 Å². The Morgan fingerprint density at radius 2 is 1.83 bits per heavy atom. The predicted octanol–water partition coefficient (Wildman–Crippen LogP) is 4.16. The van der Waals surface area contributed by atoms with Crippen LogP contribution in [0.5, 0.6) is 0 Å². The molecule has 0 saturated heterocycles. The molecule has 8 nitrogen and oxygen atoms in total. The van der Waals surface area contributed by atoms with Crippen LogP contribution in [0.3, 0.4) is 0 Å². The number of pyridine rings is 1. The quantitative estimate of drug-likeness (QED) is 0.551. The first-order valence-electron chi connectivity index (χ1n) is 8.66. The minimum absolute atomic E-state index is 0.0320. The summed E-state index contributed by atoms with van der Waals surface area (Å²) in [5, 5.41) is 4.33. The van der Waals surface area contributed by atoms with E-state index in [1.54, 1.807) is 30.5 Å². The lowest BCUT2D eigenvalue weighted by molar-refractivity contribution is -0.159. The maximum Gasteiger partial charge on any atom is 0.471 e. The van der Waals surface area contributed by atoms with Crippen LogP contribution in [0.2, 0.25) is 0 Å². The summed E-state index contributed by atoms with van der Waals surface area (Å²) >= 11 is 0. The molecule has 1 aromatic carbocycles. The molecule has 30 heavy (non-hydrogen) atoms. The molecule has 3 aromatic rings. The zero-order valence-electron chi connectivity index (χ0n) is 16.0. The van der Waals surface area contributed by atoms with Gasteiger partial charge in [-0.25, -0.2) is 4.79 Å². The van der Waals surface area contributed by atoms with Crippen LogP contribution in [-0.2, 0) is 28.9 Å². The number of nitrogens with zero attached hydrogens (tertiary/aromatic N) is 4. The van der Waals surface area contributed by atoms with Gasteiger partial charge < -0.3 is 9.26 Å². The van der Waals surface area contributed by atoms with Crippen LogP contribution < -0.4 is 0 Å². The highest BCUT2D eigenvalue weighted by Gasteiger charge is 2.38. The molecule has 158 valence electrons. The average Bonchev–Trinajstić information content (AvgIpc) is 3.23. The number of benzene rings is 1. The molecule has 0 radical (unpaired) electrons. The van der Waals surface area contributed by atoms with Crippen LogP contribution in [0.15, 0.2) is 47.1 Å². The average molecular weight is 422 g/mol. The number of alkyl halides is 3. The number of amides is 1. The van der Waals surface area contributed by atoms with E-state index in [2.05, 4.69) is 19.6 Å². The fraction of sp³-hybridized carbons (Fsp3) is 0.263. The van der Waals surface area contributed by atoms with Gasteiger partial charge in [0.15, 0.2) is 0 Å². The normalized spacial score (nSPS) is 11.4. The van der Waals surface area contributed by atoms with Gasteiger partial charge >= 0.3 is 18.2 Å². The molecule has 0 atom stereocenters. The van der Waals surface area contributed by atoms with E-state index in [-0.39, 0.29) is 19.0 Å². The third-order valence-electron chi connectivity index (χ3n) is 3.97. The maximum absolute atomic E-state index is 12.6. The fourth-order valence-corrected chi connectivity index (χ4v) is 2.39. The molecule has 2 heterocycles. The van der Waals surface area contributed by atoms with Crippen LogP contribution in [0.4, 0.5) is 18.0 Å². The van der Waals surface area contributed by atoms with Gasteiger partial charge in [0.25, 0.3) is 0 Å². The molecule has 0 spiro atoms. The minimum atomic E-state index is -4.71. The summed E-state index contributed by atoms with van der Waals surface area (Å²) in [6.45, 7) is 1.94. The Morgan fingerprint density at radius 3 is 2.40 bits per heavy atom. The van der Waals surface area contributed by atoms with Gasteiger partial charge in [0.1, 0.15) is 6.61 Å². The molecule has 3 rings (SSSR count). The van der Waals surface area contributed by atoms with Crippen LogP contribution >= 0.6 is 0 Å². The van der Waals surface area contributed by atoms with E-state index in [0.717, 1.165) is 16.3 Å². The van der Waals surface area contributed by atoms with E-state index in [9.17, 15) is 18.0 Å². The molecule has 0 aliphatic carbocycles. The van der Waals surface area contributed by atoms with Gasteiger partial charge in [0, 0.05) is 23.0 Å². The highest BCUT2D eigenvalue weighted by atomic mass is 19.4. The number of carbonyl (C=O) groups is 1. The molecule has 1 amide bonds. The van der Waals surface area contributed by atoms with Gasteiger partial charge in [-0.1, -0.05) is 35.5 Å². The van der Waals surface area contributed by atoms with Crippen molar-refractivity contribution < 1.29 is 32.1 Å². The van der Waals surface area contributed by atoms with Crippen LogP contribution in [0.1, 0.15) is 22.7 Å². The third kappa shape index (κ3) is 5.32. The van der Waals surface area contributed by atoms with Gasteiger partial charge in [-0.05, 0) is 18.6 Å². The van der Waals surface area contributed by atoms with Gasteiger partial charge in [-0.15, -0.1) is 0 Å². The molecule has 0 bridgehead atoms. The highest BCUT2D eigenvalue weighted by Crippen LogP contribution is 2.29. The Kier molecular flexibility index (Phi) is 6.31. The smallest absolute Gasteiger partial charge is 0.443 e. The number of aryl methyl sites for hydroxylation is 1. The molecule has 2 aromatic heterocycles. The lowest BCUT2D eigenvalue weighted by Gasteiger charge is -2.19. The number of rotatable bonds is 6. The second-order valence-corrected chi connectivity index (χ2v) is 6.20. The summed E-state index contributed by atoms with van der Waals surface area (Å²) in [4.78, 5) is 24.7. The lowest BCUT2D eigenvalue weighted by Crippen LogP contribution is -2.30. The standard InChI is InChI=1S/C19H17F3N4O4/c1-12-3-4-14(9-23-12)11-29-18(27)26(28-2)10-13-5-7-15(8-6-13)16-24-17(30-25-16)19(20,21)22/h3-9H,10-11H2,1-2H3. The van der Waals surface area contributed by atoms with Crippen molar-refractivity contribution in [2.75, 3.05) is 7.11 Å². The first-order valence-corrected chi connectivity index (χ1v) is 8.66. The fourth-order valence-electron chi connectivity index (χ4n) is 2.39. The molecule has 0 fully saturated rings. The largest absolute Gasteiger partial charge is 0.471 e. The van der Waals surface area contributed by atoms with E-state index in [4.69, 9.17) is 9.57 Å². The van der Waals surface area contributed by atoms with E-state index in [0.29, 0.717) is 11.1 Å². The van der Waals surface area contributed by atoms with E-state index in [1.807, 2.05) is 6.92 Å². The monoisotopic (exact) mass is 422 g/mol. The summed E-state index contributed by atoms with van der Waals surface area (Å²) in [6.07, 6.45) is -3.80. The molecule has 0 saturated carbocycles. The molecular weight excluding hydrogens is 405 g/mol. The van der Waals surface area contributed by atoms with Crippen LogP contribution in [0, 0.1) is 6.92 Å². The maximum atomic E-state index is 12.6. The van der Waals surface area contributed by atoms with Gasteiger partial charge in [0.2, 0.25) is 5.82 Å². The van der Waals surface area contributed by atoms with Crippen LogP contribution in [-0.4, -0.2) is 33.4 Å². The Balaban J connectivity index is 1.60. The SMILES string of the molecule is CON(Cc1ccc(-c2noc(C(F)(F)F)n2)cc1)C(=O)OCc1ccc(C)nc1. The lowest BCUT2D eigenvalue weighted by atomic mass is 10.1. The number of carbonyl (C=O) groups excluding carboxylic acids is 1. The molecule has 0 unspecified atom stereocenters. The molecule has 0 aliphatic heterocycles. The summed E-state index contributed by atoms with van der Waals surface area (Å²) < 4.78 is 47.1. The topological polar surface area (TPSA) is 90.6 Å². The number of hydrogen-bond donors (Lipinski definition) is 0. The molecule has 0 N–H and O–H groups in total. The summed E-state index contributed by atoms with van der Waals surface area (Å²) in [5.41, 5.74) is 2.56. The van der Waals surface area contributed by atoms with Gasteiger partial charge in [0.05, 0.1) is 13.7 Å². The van der Waals surface area contributed by atoms with Crippen molar-refractivity contribution in [2.45, 2.75) is 26.3 Å². The van der Waals surface area contributed by atoms with Crippen molar-refractivity contribution >= 4 is 6.09 Å². The van der Waals surface area contributed by atoms with Crippen molar-refractivity contribution in [3.63, 3.8) is 0 Å². The Bertz CT molecular complexity index is 988. The third-order valence-corrected chi connectivity index (χ3v) is 3.97. The Hall–Kier alpha value is -3.47. The predicted molar refractivity (Wildman–Crippen MR) is 96.4 cm³/mol. The number of halogens is 3. The summed E-state index contributed by atoms with van der Waals surface area (Å²) in [6, 6.07) is 9.83. The van der Waals surface area contributed by atoms with Crippen molar-refractivity contribution in [1.29, 1.82) is 0 Å². The second-order valence-electron chi connectivity index (χ2n) is 6.20. The zero-order valence-corrected chi connectivity index (χ0v) is 16.0. The number of ether oxygens (including phenoxy) is 1. The van der Waals surface area contributed by atoms with Crippen molar-refractivity contribution in [3.05, 3.63) is 65.3 Å². The van der Waals surface area contributed by atoms with Crippen molar-refractivity contribution in [2.24, 2.45) is 0 Å². The molecular formula is C19H17F3N4O4. The van der Waals surface area contributed by atoms with E-state index >= 15 is 0 Å². The summed E-state index contributed by atoms with van der Waals surface area (Å²) in [7, 11) is 1.32. The second kappa shape index (κ2) is 8.91. The number of aromatic nitrogens is 3. The molecule has 0 aliphatic rings. The molecule has 11 heteroatoms. The first-order chi connectivity index (χ1) is 14.3. The number of hydrogen-bond acceptors (Lipinski definition) is 7. The van der Waals surface area contributed by atoms with Crippen molar-refractivity contribution in [3.8, 4) is 11.4 Å². The van der Waals surface area contributed by atoms with Gasteiger partial charge in [-0.2, -0.15) is 23.2 Å². The first kappa shape index (κ1) is 21.2. The Labute approximate surface area is 169 Å². The number of hydroxylamine groups is 2. The van der Waals surface area contributed by atoms with Crippen molar-refractivity contribution in [1.82, 2.24) is 20.2 Å². The Morgan fingerprint density at radius 1 is 1.13 bits per heavy atom.